The number of halogens is 2. The third kappa shape index (κ3) is 4.64. The molecule has 0 atom stereocenters. The van der Waals surface area contributed by atoms with E-state index in [1.54, 1.807) is 18.2 Å². The highest BCUT2D eigenvalue weighted by Crippen LogP contribution is 2.27. The van der Waals surface area contributed by atoms with Crippen LogP contribution in [0.15, 0.2) is 46.9 Å². The Morgan fingerprint density at radius 3 is 2.52 bits per heavy atom. The Morgan fingerprint density at radius 2 is 1.84 bits per heavy atom. The van der Waals surface area contributed by atoms with E-state index in [2.05, 4.69) is 20.8 Å². The number of rotatable bonds is 4. The second kappa shape index (κ2) is 8.06. The molecule has 0 aromatic heterocycles. The molecule has 1 aliphatic rings. The largest absolute Gasteiger partial charge is 0.426 e. The molecule has 0 amide bonds. The third-order valence-electron chi connectivity index (χ3n) is 4.05. The third-order valence-corrected chi connectivity index (χ3v) is 5.02. The number of ether oxygens (including phenoxy) is 1. The lowest BCUT2D eigenvalue weighted by atomic mass is 10.1. The highest BCUT2D eigenvalue weighted by Gasteiger charge is 2.21. The van der Waals surface area contributed by atoms with E-state index in [1.165, 1.54) is 12.1 Å². The maximum Gasteiger partial charge on any atom is 0.315 e. The number of hydrogen-bond acceptors (Lipinski definition) is 3. The van der Waals surface area contributed by atoms with Crippen LogP contribution in [0.4, 0.5) is 4.39 Å². The Hall–Kier alpha value is -1.79. The van der Waals surface area contributed by atoms with Crippen molar-refractivity contribution in [3.05, 3.63) is 63.9 Å². The molecule has 3 nitrogen and oxygen atoms in total. The summed E-state index contributed by atoms with van der Waals surface area (Å²) >= 11 is 9.04. The van der Waals surface area contributed by atoms with Crippen LogP contribution in [0.25, 0.3) is 0 Å². The molecule has 2 aromatic rings. The van der Waals surface area contributed by atoms with Crippen molar-refractivity contribution in [1.29, 1.82) is 0 Å². The van der Waals surface area contributed by atoms with Crippen LogP contribution in [-0.4, -0.2) is 28.9 Å². The Labute approximate surface area is 159 Å². The molecule has 0 radical (unpaired) electrons. The van der Waals surface area contributed by atoms with Crippen molar-refractivity contribution in [2.45, 2.75) is 19.3 Å². The van der Waals surface area contributed by atoms with E-state index in [-0.39, 0.29) is 12.2 Å². The van der Waals surface area contributed by atoms with Crippen molar-refractivity contribution in [2.75, 3.05) is 13.1 Å². The van der Waals surface area contributed by atoms with Gasteiger partial charge in [0.25, 0.3) is 0 Å². The van der Waals surface area contributed by atoms with Crippen molar-refractivity contribution < 1.29 is 13.9 Å². The molecule has 3 rings (SSSR count). The number of hydrogen-bond donors (Lipinski definition) is 0. The molecule has 25 heavy (non-hydrogen) atoms. The van der Waals surface area contributed by atoms with Crippen molar-refractivity contribution in [2.24, 2.45) is 0 Å². The molecule has 0 aliphatic carbocycles. The maximum absolute atomic E-state index is 13.0. The molecule has 2 aromatic carbocycles. The lowest BCUT2D eigenvalue weighted by Gasteiger charge is -2.20. The zero-order valence-electron chi connectivity index (χ0n) is 13.5. The zero-order valence-corrected chi connectivity index (χ0v) is 15.9. The number of thiocarbonyl (C=S) groups is 1. The molecule has 0 N–H and O–H groups in total. The minimum absolute atomic E-state index is 0.0757. The fourth-order valence-electron chi connectivity index (χ4n) is 2.78. The second-order valence-electron chi connectivity index (χ2n) is 5.92. The standard InChI is InChI=1S/C19H17BrFNO2S/c20-14-5-8-17(16(12-14)19(25)22-9-1-2-10-22)24-18(23)11-13-3-6-15(21)7-4-13/h3-8,12H,1-2,9-11H2. The van der Waals surface area contributed by atoms with Crippen LogP contribution in [0.3, 0.4) is 0 Å². The van der Waals surface area contributed by atoms with Gasteiger partial charge in [-0.25, -0.2) is 4.39 Å². The normalized spacial score (nSPS) is 13.8. The highest BCUT2D eigenvalue weighted by molar-refractivity contribution is 9.10. The van der Waals surface area contributed by atoms with Gasteiger partial charge in [0.05, 0.1) is 12.0 Å². The van der Waals surface area contributed by atoms with Crippen LogP contribution in [-0.2, 0) is 11.2 Å². The monoisotopic (exact) mass is 421 g/mol. The molecule has 1 aliphatic heterocycles. The van der Waals surface area contributed by atoms with Crippen molar-refractivity contribution in [1.82, 2.24) is 4.90 Å². The van der Waals surface area contributed by atoms with E-state index in [4.69, 9.17) is 17.0 Å². The van der Waals surface area contributed by atoms with E-state index in [1.807, 2.05) is 12.1 Å². The summed E-state index contributed by atoms with van der Waals surface area (Å²) in [6.45, 7) is 1.85. The maximum atomic E-state index is 13.0. The van der Waals surface area contributed by atoms with E-state index < -0.39 is 5.97 Å². The van der Waals surface area contributed by atoms with E-state index in [9.17, 15) is 9.18 Å². The van der Waals surface area contributed by atoms with E-state index >= 15 is 0 Å². The first-order chi connectivity index (χ1) is 12.0. The predicted octanol–water partition coefficient (Wildman–Crippen LogP) is 4.51. The number of benzene rings is 2. The molecule has 1 saturated heterocycles. The van der Waals surface area contributed by atoms with Gasteiger partial charge in [0.15, 0.2) is 0 Å². The molecular weight excluding hydrogens is 405 g/mol. The quantitative estimate of drug-likeness (QED) is 0.412. The Morgan fingerprint density at radius 1 is 1.16 bits per heavy atom. The summed E-state index contributed by atoms with van der Waals surface area (Å²) in [6.07, 6.45) is 2.31. The molecule has 0 saturated carbocycles. The van der Waals surface area contributed by atoms with Crippen LogP contribution in [0.2, 0.25) is 0 Å². The van der Waals surface area contributed by atoms with Gasteiger partial charge in [-0.1, -0.05) is 40.3 Å². The first kappa shape index (κ1) is 18.0. The van der Waals surface area contributed by atoms with Gasteiger partial charge in [-0.3, -0.25) is 4.79 Å². The number of carbonyl (C=O) groups is 1. The summed E-state index contributed by atoms with van der Waals surface area (Å²) in [6, 6.07) is 11.2. The molecule has 0 bridgehead atoms. The van der Waals surface area contributed by atoms with Gasteiger partial charge >= 0.3 is 5.97 Å². The number of nitrogens with zero attached hydrogens (tertiary/aromatic N) is 1. The van der Waals surface area contributed by atoms with Crippen LogP contribution in [0.5, 0.6) is 5.75 Å². The topological polar surface area (TPSA) is 29.5 Å². The molecule has 1 fully saturated rings. The Kier molecular flexibility index (Phi) is 5.81. The fraction of sp³-hybridized carbons (Fsp3) is 0.263. The van der Waals surface area contributed by atoms with Crippen molar-refractivity contribution in [3.8, 4) is 5.75 Å². The SMILES string of the molecule is O=C(Cc1ccc(F)cc1)Oc1ccc(Br)cc1C(=S)N1CCCC1. The summed E-state index contributed by atoms with van der Waals surface area (Å²) in [7, 11) is 0. The molecule has 6 heteroatoms. The molecule has 130 valence electrons. The van der Waals surface area contributed by atoms with Crippen LogP contribution in [0.1, 0.15) is 24.0 Å². The van der Waals surface area contributed by atoms with Gasteiger partial charge in [-0.15, -0.1) is 0 Å². The number of carbonyl (C=O) groups excluding carboxylic acids is 1. The summed E-state index contributed by atoms with van der Waals surface area (Å²) in [4.78, 5) is 15.1. The predicted molar refractivity (Wildman–Crippen MR) is 102 cm³/mol. The van der Waals surface area contributed by atoms with Crippen LogP contribution < -0.4 is 4.74 Å². The lowest BCUT2D eigenvalue weighted by molar-refractivity contribution is -0.133. The number of esters is 1. The van der Waals surface area contributed by atoms with Crippen molar-refractivity contribution >= 4 is 39.1 Å². The summed E-state index contributed by atoms with van der Waals surface area (Å²) < 4.78 is 19.4. The summed E-state index contributed by atoms with van der Waals surface area (Å²) in [5.74, 6) is -0.283. The summed E-state index contributed by atoms with van der Waals surface area (Å²) in [5.41, 5.74) is 1.44. The molecule has 1 heterocycles. The van der Waals surface area contributed by atoms with Gasteiger partial charge in [0, 0.05) is 17.6 Å². The van der Waals surface area contributed by atoms with E-state index in [0.29, 0.717) is 16.3 Å². The van der Waals surface area contributed by atoms with Gasteiger partial charge in [-0.2, -0.15) is 0 Å². The molecule has 0 spiro atoms. The minimum atomic E-state index is -0.403. The van der Waals surface area contributed by atoms with Gasteiger partial charge in [-0.05, 0) is 48.7 Å². The highest BCUT2D eigenvalue weighted by atomic mass is 79.9. The Balaban J connectivity index is 1.76. The Bertz CT molecular complexity index is 789. The molecule has 0 unspecified atom stereocenters. The lowest BCUT2D eigenvalue weighted by Crippen LogP contribution is -2.27. The van der Waals surface area contributed by atoms with Crippen LogP contribution >= 0.6 is 28.1 Å². The fourth-order valence-corrected chi connectivity index (χ4v) is 3.48. The van der Waals surface area contributed by atoms with Gasteiger partial charge < -0.3 is 9.64 Å². The van der Waals surface area contributed by atoms with Crippen LogP contribution in [0, 0.1) is 5.82 Å². The van der Waals surface area contributed by atoms with Gasteiger partial charge in [0.1, 0.15) is 16.6 Å². The summed E-state index contributed by atoms with van der Waals surface area (Å²) in [5, 5.41) is 0. The number of likely N-dealkylation sites (tertiary alicyclic amines) is 1. The first-order valence-corrected chi connectivity index (χ1v) is 9.27. The average molecular weight is 422 g/mol. The second-order valence-corrected chi connectivity index (χ2v) is 7.22. The first-order valence-electron chi connectivity index (χ1n) is 8.07. The zero-order chi connectivity index (χ0) is 17.8. The van der Waals surface area contributed by atoms with Gasteiger partial charge in [0.2, 0.25) is 0 Å². The molecular formula is C19H17BrFNO2S. The average Bonchev–Trinajstić information content (AvgIpc) is 3.12. The smallest absolute Gasteiger partial charge is 0.315 e. The minimum Gasteiger partial charge on any atom is -0.426 e. The van der Waals surface area contributed by atoms with E-state index in [0.717, 1.165) is 36.0 Å². The van der Waals surface area contributed by atoms with Crippen molar-refractivity contribution in [3.63, 3.8) is 0 Å².